The molecule has 0 bridgehead atoms. The van der Waals surface area contributed by atoms with E-state index in [1.807, 2.05) is 24.1 Å². The number of amides is 2. The number of hydrazine groups is 1. The zero-order valence-electron chi connectivity index (χ0n) is 21.5. The van der Waals surface area contributed by atoms with Crippen LogP contribution in [0.15, 0.2) is 42.5 Å². The number of carbonyl (C=O) groups excluding carboxylic acids is 2. The Hall–Kier alpha value is -4.09. The van der Waals surface area contributed by atoms with Crippen molar-refractivity contribution in [3.63, 3.8) is 0 Å². The molecule has 0 spiro atoms. The molecule has 0 aliphatic carbocycles. The molecule has 2 amide bonds. The number of aryl methyl sites for hydroxylation is 2. The quantitative estimate of drug-likeness (QED) is 0.402. The number of rotatable bonds is 6. The standard InChI is InChI=1S/C26H31N7O4/c1-14-7-6-8-19(16(14)3)32-23-18(13-27-32)25(35)30-26(29-23)33-22(11-15(2)31-33)28-24(34)17-9-10-20(36-4)21(12-17)37-5/h6-12,18,23,26-27,29H,13H2,1-5H3,(H,28,34)(H,30,35). The summed E-state index contributed by atoms with van der Waals surface area (Å²) in [6.45, 7) is 6.47. The number of fused-ring (bicyclic) bond motifs is 1. The number of nitrogens with one attached hydrogen (secondary N) is 4. The Morgan fingerprint density at radius 2 is 1.86 bits per heavy atom. The summed E-state index contributed by atoms with van der Waals surface area (Å²) in [6, 6.07) is 12.8. The first kappa shape index (κ1) is 24.6. The maximum absolute atomic E-state index is 13.1. The van der Waals surface area contributed by atoms with E-state index in [2.05, 4.69) is 46.4 Å². The van der Waals surface area contributed by atoms with Gasteiger partial charge in [0.05, 0.1) is 31.5 Å². The normalized spacial score (nSPS) is 20.8. The first-order valence-electron chi connectivity index (χ1n) is 12.1. The van der Waals surface area contributed by atoms with Gasteiger partial charge in [-0.05, 0) is 56.2 Å². The highest BCUT2D eigenvalue weighted by Crippen LogP contribution is 2.31. The third-order valence-electron chi connectivity index (χ3n) is 6.91. The maximum Gasteiger partial charge on any atom is 0.256 e. The van der Waals surface area contributed by atoms with E-state index < -0.39 is 6.29 Å². The molecule has 194 valence electrons. The molecule has 2 aliphatic heterocycles. The van der Waals surface area contributed by atoms with Crippen LogP contribution in [0.3, 0.4) is 0 Å². The number of hydrogen-bond acceptors (Lipinski definition) is 8. The number of benzene rings is 2. The third-order valence-corrected chi connectivity index (χ3v) is 6.91. The summed E-state index contributed by atoms with van der Waals surface area (Å²) in [5.74, 6) is 0.686. The minimum atomic E-state index is -0.671. The molecule has 2 fully saturated rings. The lowest BCUT2D eigenvalue weighted by atomic mass is 10.0. The number of hydrogen-bond donors (Lipinski definition) is 4. The number of aromatic nitrogens is 2. The molecule has 3 heterocycles. The van der Waals surface area contributed by atoms with Gasteiger partial charge in [-0.2, -0.15) is 5.10 Å². The minimum absolute atomic E-state index is 0.0978. The summed E-state index contributed by atoms with van der Waals surface area (Å²) in [4.78, 5) is 26.2. The van der Waals surface area contributed by atoms with Crippen molar-refractivity contribution in [3.05, 3.63) is 64.8 Å². The average Bonchev–Trinajstić information content (AvgIpc) is 3.48. The van der Waals surface area contributed by atoms with Gasteiger partial charge in [-0.1, -0.05) is 12.1 Å². The molecule has 3 aromatic rings. The summed E-state index contributed by atoms with van der Waals surface area (Å²) >= 11 is 0. The summed E-state index contributed by atoms with van der Waals surface area (Å²) in [5.41, 5.74) is 7.76. The van der Waals surface area contributed by atoms with Crippen LogP contribution in [0.25, 0.3) is 0 Å². The predicted molar refractivity (Wildman–Crippen MR) is 138 cm³/mol. The molecular weight excluding hydrogens is 474 g/mol. The van der Waals surface area contributed by atoms with E-state index in [0.29, 0.717) is 35.1 Å². The molecule has 4 N–H and O–H groups in total. The van der Waals surface area contributed by atoms with Crippen molar-refractivity contribution in [1.29, 1.82) is 0 Å². The van der Waals surface area contributed by atoms with E-state index in [4.69, 9.17) is 9.47 Å². The monoisotopic (exact) mass is 505 g/mol. The fourth-order valence-electron chi connectivity index (χ4n) is 4.79. The number of anilines is 2. The van der Waals surface area contributed by atoms with E-state index >= 15 is 0 Å². The molecule has 3 atom stereocenters. The van der Waals surface area contributed by atoms with Crippen molar-refractivity contribution in [3.8, 4) is 11.5 Å². The second-order valence-corrected chi connectivity index (χ2v) is 9.22. The molecule has 0 saturated carbocycles. The first-order valence-corrected chi connectivity index (χ1v) is 12.1. The van der Waals surface area contributed by atoms with Crippen molar-refractivity contribution in [1.82, 2.24) is 25.8 Å². The SMILES string of the molecule is COc1ccc(C(=O)Nc2cc(C)nn2C2NC(=O)C3CNN(c4cccc(C)c4C)C3N2)cc1OC. The first-order chi connectivity index (χ1) is 17.8. The lowest BCUT2D eigenvalue weighted by molar-refractivity contribution is -0.129. The molecule has 37 heavy (non-hydrogen) atoms. The van der Waals surface area contributed by atoms with Crippen LogP contribution >= 0.6 is 0 Å². The Balaban J connectivity index is 1.40. The van der Waals surface area contributed by atoms with Gasteiger partial charge < -0.3 is 20.1 Å². The number of carbonyl (C=O) groups is 2. The predicted octanol–water partition coefficient (Wildman–Crippen LogP) is 2.22. The minimum Gasteiger partial charge on any atom is -0.493 e. The summed E-state index contributed by atoms with van der Waals surface area (Å²) in [7, 11) is 3.05. The molecular formula is C26H31N7O4. The van der Waals surface area contributed by atoms with Gasteiger partial charge in [-0.15, -0.1) is 0 Å². The second kappa shape index (κ2) is 9.75. The lowest BCUT2D eigenvalue weighted by Crippen LogP contribution is -2.62. The Kier molecular flexibility index (Phi) is 6.48. The van der Waals surface area contributed by atoms with Crippen LogP contribution in [0.4, 0.5) is 11.5 Å². The van der Waals surface area contributed by atoms with Crippen LogP contribution in [0, 0.1) is 26.7 Å². The van der Waals surface area contributed by atoms with Gasteiger partial charge >= 0.3 is 0 Å². The van der Waals surface area contributed by atoms with Crippen molar-refractivity contribution in [2.45, 2.75) is 33.2 Å². The largest absolute Gasteiger partial charge is 0.493 e. The molecule has 11 nitrogen and oxygen atoms in total. The van der Waals surface area contributed by atoms with Crippen LogP contribution in [0.1, 0.15) is 33.5 Å². The zero-order valence-corrected chi connectivity index (χ0v) is 21.5. The van der Waals surface area contributed by atoms with Gasteiger partial charge in [-0.25, -0.2) is 10.1 Å². The maximum atomic E-state index is 13.1. The summed E-state index contributed by atoms with van der Waals surface area (Å²) < 4.78 is 12.2. The van der Waals surface area contributed by atoms with Gasteiger partial charge in [0.2, 0.25) is 5.91 Å². The second-order valence-electron chi connectivity index (χ2n) is 9.22. The molecule has 2 aromatic carbocycles. The van der Waals surface area contributed by atoms with Crippen molar-refractivity contribution in [2.75, 3.05) is 31.1 Å². The van der Waals surface area contributed by atoms with Crippen LogP contribution in [0.2, 0.25) is 0 Å². The Morgan fingerprint density at radius 1 is 1.08 bits per heavy atom. The van der Waals surface area contributed by atoms with E-state index in [0.717, 1.165) is 11.3 Å². The van der Waals surface area contributed by atoms with Crippen LogP contribution < -0.4 is 35.9 Å². The smallest absolute Gasteiger partial charge is 0.256 e. The van der Waals surface area contributed by atoms with E-state index in [-0.39, 0.29) is 23.9 Å². The van der Waals surface area contributed by atoms with Gasteiger partial charge in [0, 0.05) is 18.2 Å². The van der Waals surface area contributed by atoms with Gasteiger partial charge in [0.1, 0.15) is 12.0 Å². The molecule has 3 unspecified atom stereocenters. The number of ether oxygens (including phenoxy) is 2. The zero-order chi connectivity index (χ0) is 26.3. The Labute approximate surface area is 215 Å². The highest BCUT2D eigenvalue weighted by atomic mass is 16.5. The number of methoxy groups -OCH3 is 2. The highest BCUT2D eigenvalue weighted by molar-refractivity contribution is 6.04. The van der Waals surface area contributed by atoms with E-state index in [1.165, 1.54) is 19.8 Å². The van der Waals surface area contributed by atoms with Gasteiger partial charge in [0.15, 0.2) is 17.8 Å². The summed E-state index contributed by atoms with van der Waals surface area (Å²) in [6.07, 6.45) is -0.978. The Bertz CT molecular complexity index is 1350. The fraction of sp³-hybridized carbons (Fsp3) is 0.346. The molecule has 0 radical (unpaired) electrons. The highest BCUT2D eigenvalue weighted by Gasteiger charge is 2.45. The van der Waals surface area contributed by atoms with Crippen LogP contribution in [0.5, 0.6) is 11.5 Å². The van der Waals surface area contributed by atoms with Gasteiger partial charge in [0.25, 0.3) is 5.91 Å². The Morgan fingerprint density at radius 3 is 2.62 bits per heavy atom. The average molecular weight is 506 g/mol. The molecule has 2 saturated heterocycles. The number of nitrogens with zero attached hydrogens (tertiary/aromatic N) is 3. The third kappa shape index (κ3) is 4.47. The molecule has 5 rings (SSSR count). The van der Waals surface area contributed by atoms with Gasteiger partial charge in [-0.3, -0.25) is 19.9 Å². The molecule has 1 aromatic heterocycles. The van der Waals surface area contributed by atoms with Crippen LogP contribution in [-0.4, -0.2) is 48.5 Å². The van der Waals surface area contributed by atoms with Crippen molar-refractivity contribution < 1.29 is 19.1 Å². The van der Waals surface area contributed by atoms with Crippen molar-refractivity contribution in [2.24, 2.45) is 5.92 Å². The topological polar surface area (TPSA) is 122 Å². The fourth-order valence-corrected chi connectivity index (χ4v) is 4.79. The molecule has 2 aliphatic rings. The van der Waals surface area contributed by atoms with E-state index in [1.54, 1.807) is 28.9 Å². The molecule has 11 heteroatoms. The van der Waals surface area contributed by atoms with E-state index in [9.17, 15) is 9.59 Å². The summed E-state index contributed by atoms with van der Waals surface area (Å²) in [5, 5.41) is 16.0. The lowest BCUT2D eigenvalue weighted by Gasteiger charge is -2.38. The van der Waals surface area contributed by atoms with Crippen LogP contribution in [-0.2, 0) is 4.79 Å². The van der Waals surface area contributed by atoms with Crippen molar-refractivity contribution >= 4 is 23.3 Å².